The van der Waals surface area contributed by atoms with Crippen LogP contribution < -0.4 is 9.47 Å². The highest BCUT2D eigenvalue weighted by molar-refractivity contribution is 9.10. The van der Waals surface area contributed by atoms with Gasteiger partial charge in [0.2, 0.25) is 5.60 Å². The minimum absolute atomic E-state index is 0.125. The lowest BCUT2D eigenvalue weighted by Gasteiger charge is -2.39. The number of esters is 1. The second-order valence-corrected chi connectivity index (χ2v) is 12.1. The number of methoxy groups -OCH3 is 2. The largest absolute Gasteiger partial charge is 0.497 e. The molecule has 0 fully saturated rings. The molecule has 0 bridgehead atoms. The standard InChI is InChI=1S/C40H31BrO5/c1-43-31-21-15-26(16-22-31)35-24-38(46-37-14-8-7-13-34(35)37)40(39(42)44-2,29-17-19-30(41)20-18-29)45-25-36-32-11-5-3-9-27(32)23-28-10-4-6-12-33(28)36/h3-24,38H,25H2,1-2H3/t38-,40-/m0/s1. The molecule has 0 amide bonds. The van der Waals surface area contributed by atoms with E-state index in [4.69, 9.17) is 18.9 Å². The van der Waals surface area contributed by atoms with Crippen molar-refractivity contribution in [2.45, 2.75) is 18.3 Å². The van der Waals surface area contributed by atoms with Crippen LogP contribution in [0.2, 0.25) is 0 Å². The van der Waals surface area contributed by atoms with Crippen LogP contribution in [0, 0.1) is 0 Å². The second kappa shape index (κ2) is 12.5. The van der Waals surface area contributed by atoms with E-state index in [9.17, 15) is 4.79 Å². The van der Waals surface area contributed by atoms with E-state index in [1.54, 1.807) is 7.11 Å². The minimum atomic E-state index is -1.67. The van der Waals surface area contributed by atoms with Gasteiger partial charge in [0, 0.05) is 10.0 Å². The highest BCUT2D eigenvalue weighted by Gasteiger charge is 2.52. The molecule has 6 aromatic carbocycles. The number of carbonyl (C=O) groups is 1. The zero-order valence-electron chi connectivity index (χ0n) is 25.4. The fourth-order valence-electron chi connectivity index (χ4n) is 6.35. The summed E-state index contributed by atoms with van der Waals surface area (Å²) >= 11 is 3.56. The summed E-state index contributed by atoms with van der Waals surface area (Å²) in [6, 6.07) is 41.9. The first-order valence-electron chi connectivity index (χ1n) is 15.0. The van der Waals surface area contributed by atoms with Crippen LogP contribution in [0.3, 0.4) is 0 Å². The number of rotatable bonds is 8. The Morgan fingerprint density at radius 3 is 2.07 bits per heavy atom. The first-order chi connectivity index (χ1) is 22.5. The lowest BCUT2D eigenvalue weighted by atomic mass is 9.83. The number of hydrogen-bond acceptors (Lipinski definition) is 5. The third-order valence-corrected chi connectivity index (χ3v) is 9.17. The molecule has 0 saturated carbocycles. The summed E-state index contributed by atoms with van der Waals surface area (Å²) in [5.41, 5.74) is 2.71. The van der Waals surface area contributed by atoms with Gasteiger partial charge in [-0.1, -0.05) is 107 Å². The van der Waals surface area contributed by atoms with Gasteiger partial charge in [-0.15, -0.1) is 0 Å². The molecular weight excluding hydrogens is 640 g/mol. The first-order valence-corrected chi connectivity index (χ1v) is 15.8. The average Bonchev–Trinajstić information content (AvgIpc) is 3.11. The number of benzene rings is 6. The van der Waals surface area contributed by atoms with E-state index in [1.807, 2.05) is 103 Å². The van der Waals surface area contributed by atoms with Gasteiger partial charge < -0.3 is 18.9 Å². The predicted octanol–water partition coefficient (Wildman–Crippen LogP) is 9.24. The van der Waals surface area contributed by atoms with Crippen LogP contribution in [0.25, 0.3) is 27.1 Å². The van der Waals surface area contributed by atoms with Gasteiger partial charge in [0.05, 0.1) is 20.8 Å². The van der Waals surface area contributed by atoms with Crippen molar-refractivity contribution >= 4 is 49.0 Å². The fraction of sp³-hybridized carbons (Fsp3) is 0.125. The van der Waals surface area contributed by atoms with E-state index in [1.165, 1.54) is 7.11 Å². The monoisotopic (exact) mass is 670 g/mol. The molecule has 0 aromatic heterocycles. The summed E-state index contributed by atoms with van der Waals surface area (Å²) in [6.07, 6.45) is 1.10. The summed E-state index contributed by atoms with van der Waals surface area (Å²) in [5.74, 6) is 0.838. The molecule has 5 nitrogen and oxygen atoms in total. The molecule has 0 aliphatic carbocycles. The van der Waals surface area contributed by atoms with Crippen molar-refractivity contribution in [3.05, 3.63) is 160 Å². The Morgan fingerprint density at radius 2 is 1.41 bits per heavy atom. The van der Waals surface area contributed by atoms with Crippen LogP contribution in [-0.2, 0) is 26.5 Å². The van der Waals surface area contributed by atoms with Crippen molar-refractivity contribution in [2.75, 3.05) is 14.2 Å². The molecule has 0 unspecified atom stereocenters. The van der Waals surface area contributed by atoms with Crippen molar-refractivity contribution < 1.29 is 23.7 Å². The predicted molar refractivity (Wildman–Crippen MR) is 185 cm³/mol. The summed E-state index contributed by atoms with van der Waals surface area (Å²) in [4.78, 5) is 14.3. The minimum Gasteiger partial charge on any atom is -0.497 e. The Labute approximate surface area is 276 Å². The lowest BCUT2D eigenvalue weighted by molar-refractivity contribution is -0.185. The molecule has 6 aromatic rings. The van der Waals surface area contributed by atoms with Crippen LogP contribution >= 0.6 is 15.9 Å². The molecule has 1 heterocycles. The highest BCUT2D eigenvalue weighted by atomic mass is 79.9. The van der Waals surface area contributed by atoms with E-state index >= 15 is 0 Å². The Kier molecular flexibility index (Phi) is 8.07. The van der Waals surface area contributed by atoms with E-state index < -0.39 is 17.7 Å². The smallest absolute Gasteiger partial charge is 0.347 e. The summed E-state index contributed by atoms with van der Waals surface area (Å²) in [6.45, 7) is 0.125. The van der Waals surface area contributed by atoms with Crippen LogP contribution in [0.4, 0.5) is 0 Å². The molecule has 0 N–H and O–H groups in total. The molecular formula is C40H31BrO5. The second-order valence-electron chi connectivity index (χ2n) is 11.2. The number of halogens is 1. The maximum Gasteiger partial charge on any atom is 0.347 e. The summed E-state index contributed by atoms with van der Waals surface area (Å²) < 4.78 is 25.6. The molecule has 0 saturated heterocycles. The molecule has 6 heteroatoms. The maximum atomic E-state index is 14.3. The van der Waals surface area contributed by atoms with Gasteiger partial charge in [-0.3, -0.25) is 0 Å². The van der Waals surface area contributed by atoms with E-state index in [2.05, 4.69) is 46.3 Å². The number of para-hydroxylation sites is 1. The summed E-state index contributed by atoms with van der Waals surface area (Å²) in [5, 5.41) is 4.30. The highest BCUT2D eigenvalue weighted by Crippen LogP contribution is 2.44. The van der Waals surface area contributed by atoms with Gasteiger partial charge in [-0.25, -0.2) is 4.79 Å². The van der Waals surface area contributed by atoms with Gasteiger partial charge >= 0.3 is 5.97 Å². The quantitative estimate of drug-likeness (QED) is 0.119. The fourth-order valence-corrected chi connectivity index (χ4v) is 6.61. The van der Waals surface area contributed by atoms with Crippen molar-refractivity contribution in [2.24, 2.45) is 0 Å². The topological polar surface area (TPSA) is 54.0 Å². The normalized spacial score (nSPS) is 15.4. The SMILES string of the molecule is COC(=O)[C@](OCc1c2ccccc2cc2ccccc12)(c1ccc(Br)cc1)[C@@H]1C=C(c2ccc(OC)cc2)c2ccccc2O1. The van der Waals surface area contributed by atoms with Crippen molar-refractivity contribution in [1.29, 1.82) is 0 Å². The molecule has 228 valence electrons. The maximum absolute atomic E-state index is 14.3. The molecule has 1 aliphatic heterocycles. The van der Waals surface area contributed by atoms with E-state index in [0.717, 1.165) is 54.0 Å². The van der Waals surface area contributed by atoms with Gasteiger partial charge in [-0.05, 0) is 86.3 Å². The zero-order chi connectivity index (χ0) is 31.7. The number of fused-ring (bicyclic) bond motifs is 3. The van der Waals surface area contributed by atoms with Gasteiger partial charge in [0.25, 0.3) is 0 Å². The van der Waals surface area contributed by atoms with E-state index in [-0.39, 0.29) is 6.61 Å². The van der Waals surface area contributed by atoms with Crippen molar-refractivity contribution in [3.63, 3.8) is 0 Å². The summed E-state index contributed by atoms with van der Waals surface area (Å²) in [7, 11) is 3.03. The average molecular weight is 672 g/mol. The third kappa shape index (κ3) is 5.23. The van der Waals surface area contributed by atoms with Crippen molar-refractivity contribution in [1.82, 2.24) is 0 Å². The van der Waals surface area contributed by atoms with Crippen molar-refractivity contribution in [3.8, 4) is 11.5 Å². The lowest BCUT2D eigenvalue weighted by Crippen LogP contribution is -2.52. The van der Waals surface area contributed by atoms with Crippen LogP contribution in [-0.4, -0.2) is 26.3 Å². The van der Waals surface area contributed by atoms with Gasteiger partial charge in [0.15, 0.2) is 6.10 Å². The first kappa shape index (κ1) is 29.8. The molecule has 1 aliphatic rings. The van der Waals surface area contributed by atoms with Crippen LogP contribution in [0.1, 0.15) is 22.3 Å². The van der Waals surface area contributed by atoms with E-state index in [0.29, 0.717) is 11.3 Å². The molecule has 0 spiro atoms. The molecule has 2 atom stereocenters. The number of ether oxygens (including phenoxy) is 4. The Balaban J connectivity index is 1.43. The number of hydrogen-bond donors (Lipinski definition) is 0. The van der Waals surface area contributed by atoms with Gasteiger partial charge in [-0.2, -0.15) is 0 Å². The Morgan fingerprint density at radius 1 is 0.783 bits per heavy atom. The molecule has 46 heavy (non-hydrogen) atoms. The number of carbonyl (C=O) groups excluding carboxylic acids is 1. The molecule has 0 radical (unpaired) electrons. The van der Waals surface area contributed by atoms with Gasteiger partial charge in [0.1, 0.15) is 11.5 Å². The third-order valence-electron chi connectivity index (χ3n) is 8.64. The van der Waals surface area contributed by atoms with Crippen LogP contribution in [0.15, 0.2) is 138 Å². The Bertz CT molecular complexity index is 2030. The molecule has 7 rings (SSSR count). The Hall–Kier alpha value is -4.91. The van der Waals surface area contributed by atoms with Crippen LogP contribution in [0.5, 0.6) is 11.5 Å². The zero-order valence-corrected chi connectivity index (χ0v) is 27.0.